The molecular formula is C8H7FN. The first-order valence-electron chi connectivity index (χ1n) is 3.23. The van der Waals surface area contributed by atoms with Crippen LogP contribution < -0.4 is 5.32 Å². The van der Waals surface area contributed by atoms with Gasteiger partial charge in [0.05, 0.1) is 0 Å². The molecule has 0 spiro atoms. The molecule has 1 aliphatic rings. The highest BCUT2D eigenvalue weighted by molar-refractivity contribution is 5.59. The molecule has 1 aromatic rings. The SMILES string of the molecule is Fc1ccc2c(c1)[CH]CN2. The lowest BCUT2D eigenvalue weighted by molar-refractivity contribution is 0.627. The van der Waals surface area contributed by atoms with Crippen LogP contribution in [0.3, 0.4) is 0 Å². The molecule has 0 saturated carbocycles. The number of nitrogens with one attached hydrogen (secondary N) is 1. The van der Waals surface area contributed by atoms with Crippen LogP contribution in [0.5, 0.6) is 0 Å². The molecule has 2 rings (SSSR count). The van der Waals surface area contributed by atoms with Gasteiger partial charge in [0, 0.05) is 18.7 Å². The van der Waals surface area contributed by atoms with Crippen molar-refractivity contribution >= 4 is 5.69 Å². The van der Waals surface area contributed by atoms with E-state index in [1.807, 2.05) is 6.42 Å². The van der Waals surface area contributed by atoms with Crippen molar-refractivity contribution < 1.29 is 4.39 Å². The zero-order valence-corrected chi connectivity index (χ0v) is 5.39. The van der Waals surface area contributed by atoms with E-state index in [4.69, 9.17) is 0 Å². The minimum Gasteiger partial charge on any atom is -0.384 e. The van der Waals surface area contributed by atoms with Gasteiger partial charge in [0.2, 0.25) is 0 Å². The summed E-state index contributed by atoms with van der Waals surface area (Å²) in [4.78, 5) is 0. The highest BCUT2D eigenvalue weighted by Gasteiger charge is 2.09. The van der Waals surface area contributed by atoms with Crippen molar-refractivity contribution in [1.82, 2.24) is 0 Å². The summed E-state index contributed by atoms with van der Waals surface area (Å²) < 4.78 is 12.5. The van der Waals surface area contributed by atoms with Crippen molar-refractivity contribution in [3.8, 4) is 0 Å². The van der Waals surface area contributed by atoms with Crippen LogP contribution in [0.25, 0.3) is 0 Å². The fourth-order valence-electron chi connectivity index (χ4n) is 1.13. The van der Waals surface area contributed by atoms with Crippen molar-refractivity contribution in [3.63, 3.8) is 0 Å². The summed E-state index contributed by atoms with van der Waals surface area (Å²) in [7, 11) is 0. The molecule has 0 aliphatic carbocycles. The van der Waals surface area contributed by atoms with E-state index < -0.39 is 0 Å². The van der Waals surface area contributed by atoms with Gasteiger partial charge < -0.3 is 5.32 Å². The third-order valence-corrected chi connectivity index (χ3v) is 1.63. The lowest BCUT2D eigenvalue weighted by atomic mass is 10.2. The fraction of sp³-hybridized carbons (Fsp3) is 0.125. The molecule has 51 valence electrons. The van der Waals surface area contributed by atoms with E-state index in [0.717, 1.165) is 17.8 Å². The molecular weight excluding hydrogens is 129 g/mol. The Hall–Kier alpha value is -1.05. The number of hydrogen-bond donors (Lipinski definition) is 1. The number of halogens is 1. The van der Waals surface area contributed by atoms with Gasteiger partial charge in [-0.05, 0) is 23.8 Å². The van der Waals surface area contributed by atoms with E-state index in [-0.39, 0.29) is 5.82 Å². The second kappa shape index (κ2) is 1.97. The van der Waals surface area contributed by atoms with Gasteiger partial charge >= 0.3 is 0 Å². The summed E-state index contributed by atoms with van der Waals surface area (Å²) in [5, 5.41) is 3.11. The van der Waals surface area contributed by atoms with Gasteiger partial charge in [-0.15, -0.1) is 0 Å². The predicted molar refractivity (Wildman–Crippen MR) is 38.3 cm³/mol. The van der Waals surface area contributed by atoms with Gasteiger partial charge in [-0.1, -0.05) is 0 Å². The first kappa shape index (κ1) is 5.71. The first-order valence-corrected chi connectivity index (χ1v) is 3.23. The maximum Gasteiger partial charge on any atom is 0.123 e. The molecule has 1 heterocycles. The zero-order chi connectivity index (χ0) is 6.97. The Morgan fingerprint density at radius 1 is 1.40 bits per heavy atom. The van der Waals surface area contributed by atoms with Gasteiger partial charge in [-0.25, -0.2) is 4.39 Å². The van der Waals surface area contributed by atoms with Gasteiger partial charge in [0.1, 0.15) is 5.82 Å². The van der Waals surface area contributed by atoms with E-state index in [1.165, 1.54) is 12.1 Å². The highest BCUT2D eigenvalue weighted by Crippen LogP contribution is 2.23. The number of fused-ring (bicyclic) bond motifs is 1. The molecule has 0 saturated heterocycles. The molecule has 0 fully saturated rings. The van der Waals surface area contributed by atoms with Crippen molar-refractivity contribution in [2.45, 2.75) is 0 Å². The predicted octanol–water partition coefficient (Wildman–Crippen LogP) is 1.80. The van der Waals surface area contributed by atoms with Crippen LogP contribution in [0.2, 0.25) is 0 Å². The number of benzene rings is 1. The van der Waals surface area contributed by atoms with E-state index in [0.29, 0.717) is 0 Å². The number of rotatable bonds is 0. The molecule has 1 aliphatic heterocycles. The standard InChI is InChI=1S/C8H7FN/c9-7-1-2-8-6(5-7)3-4-10-8/h1-3,5,10H,4H2. The molecule has 0 aromatic heterocycles. The molecule has 0 amide bonds. The molecule has 0 atom stereocenters. The zero-order valence-electron chi connectivity index (χ0n) is 5.39. The van der Waals surface area contributed by atoms with Crippen LogP contribution in [0, 0.1) is 12.2 Å². The fourth-order valence-corrected chi connectivity index (χ4v) is 1.13. The molecule has 2 heteroatoms. The summed E-state index contributed by atoms with van der Waals surface area (Å²) in [6, 6.07) is 4.76. The number of anilines is 1. The Labute approximate surface area is 58.9 Å². The Morgan fingerprint density at radius 3 is 3.20 bits per heavy atom. The molecule has 1 N–H and O–H groups in total. The molecule has 0 bridgehead atoms. The Bertz CT molecular complexity index is 257. The summed E-state index contributed by atoms with van der Waals surface area (Å²) in [5.41, 5.74) is 2.00. The van der Waals surface area contributed by atoms with Gasteiger partial charge in [-0.3, -0.25) is 0 Å². The lowest BCUT2D eigenvalue weighted by Crippen LogP contribution is -1.89. The molecule has 10 heavy (non-hydrogen) atoms. The second-order valence-corrected chi connectivity index (χ2v) is 2.32. The van der Waals surface area contributed by atoms with E-state index in [9.17, 15) is 4.39 Å². The van der Waals surface area contributed by atoms with Crippen molar-refractivity contribution in [1.29, 1.82) is 0 Å². The van der Waals surface area contributed by atoms with Crippen molar-refractivity contribution in [2.75, 3.05) is 11.9 Å². The minimum atomic E-state index is -0.168. The van der Waals surface area contributed by atoms with Gasteiger partial charge in [0.25, 0.3) is 0 Å². The van der Waals surface area contributed by atoms with Crippen LogP contribution in [-0.2, 0) is 0 Å². The largest absolute Gasteiger partial charge is 0.384 e. The van der Waals surface area contributed by atoms with Crippen LogP contribution in [0.1, 0.15) is 5.56 Å². The van der Waals surface area contributed by atoms with E-state index in [2.05, 4.69) is 5.32 Å². The van der Waals surface area contributed by atoms with Gasteiger partial charge in [-0.2, -0.15) is 0 Å². The second-order valence-electron chi connectivity index (χ2n) is 2.32. The Balaban J connectivity index is 2.52. The Morgan fingerprint density at radius 2 is 2.30 bits per heavy atom. The number of hydrogen-bond acceptors (Lipinski definition) is 1. The summed E-state index contributed by atoms with van der Waals surface area (Å²) in [5.74, 6) is -0.168. The summed E-state index contributed by atoms with van der Waals surface area (Å²) in [6.07, 6.45) is 1.97. The first-order chi connectivity index (χ1) is 4.86. The monoisotopic (exact) mass is 136 g/mol. The van der Waals surface area contributed by atoms with Gasteiger partial charge in [0.15, 0.2) is 0 Å². The van der Waals surface area contributed by atoms with Crippen LogP contribution in [0.15, 0.2) is 18.2 Å². The average Bonchev–Trinajstić information content (AvgIpc) is 2.33. The normalized spacial score (nSPS) is 14.5. The molecule has 0 unspecified atom stereocenters. The quantitative estimate of drug-likeness (QED) is 0.573. The van der Waals surface area contributed by atoms with Crippen molar-refractivity contribution in [3.05, 3.63) is 36.0 Å². The molecule has 1 aromatic carbocycles. The third-order valence-electron chi connectivity index (χ3n) is 1.63. The maximum absolute atomic E-state index is 12.5. The lowest BCUT2D eigenvalue weighted by Gasteiger charge is -1.96. The summed E-state index contributed by atoms with van der Waals surface area (Å²) in [6.45, 7) is 0.818. The highest BCUT2D eigenvalue weighted by atomic mass is 19.1. The van der Waals surface area contributed by atoms with E-state index in [1.54, 1.807) is 6.07 Å². The maximum atomic E-state index is 12.5. The van der Waals surface area contributed by atoms with Crippen LogP contribution >= 0.6 is 0 Å². The van der Waals surface area contributed by atoms with Crippen LogP contribution in [0.4, 0.5) is 10.1 Å². The molecule has 1 radical (unpaired) electrons. The third kappa shape index (κ3) is 0.764. The van der Waals surface area contributed by atoms with Crippen molar-refractivity contribution in [2.24, 2.45) is 0 Å². The minimum absolute atomic E-state index is 0.168. The Kier molecular flexibility index (Phi) is 1.13. The smallest absolute Gasteiger partial charge is 0.123 e. The average molecular weight is 136 g/mol. The van der Waals surface area contributed by atoms with Crippen LogP contribution in [-0.4, -0.2) is 6.54 Å². The summed E-state index contributed by atoms with van der Waals surface area (Å²) >= 11 is 0. The molecule has 1 nitrogen and oxygen atoms in total. The topological polar surface area (TPSA) is 12.0 Å². The van der Waals surface area contributed by atoms with E-state index >= 15 is 0 Å².